The summed E-state index contributed by atoms with van der Waals surface area (Å²) in [5.74, 6) is 0.168. The van der Waals surface area contributed by atoms with E-state index < -0.39 is 0 Å². The van der Waals surface area contributed by atoms with Gasteiger partial charge < -0.3 is 0 Å². The van der Waals surface area contributed by atoms with Crippen molar-refractivity contribution < 1.29 is 4.39 Å². The van der Waals surface area contributed by atoms with E-state index in [1.54, 1.807) is 12.1 Å². The first kappa shape index (κ1) is 7.26. The maximum atomic E-state index is 12.3. The molecule has 1 heteroatoms. The largest absolute Gasteiger partial charge is 0.206 e. The average Bonchev–Trinajstić information content (AvgIpc) is 1.88. The molecule has 0 aliphatic heterocycles. The molecule has 0 fully saturated rings. The van der Waals surface area contributed by atoms with E-state index >= 15 is 0 Å². The Kier molecular flexibility index (Phi) is 2.05. The fourth-order valence-electron chi connectivity index (χ4n) is 0.777. The fourth-order valence-corrected chi connectivity index (χ4v) is 0.777. The molecule has 0 nitrogen and oxygen atoms in total. The van der Waals surface area contributed by atoms with Gasteiger partial charge in [-0.15, -0.1) is 0 Å². The first-order valence-corrected chi connectivity index (χ1v) is 3.37. The van der Waals surface area contributed by atoms with Crippen molar-refractivity contribution in [3.05, 3.63) is 35.6 Å². The second kappa shape index (κ2) is 2.82. The molecule has 0 saturated carbocycles. The predicted octanol–water partition coefficient (Wildman–Crippen LogP) is 2.75. The van der Waals surface area contributed by atoms with Gasteiger partial charge in [-0.25, -0.2) is 4.39 Å². The standard InChI is InChI=1S/C9H10F/c1-7(2)8-3-5-9(10)6-4-8/h3-5,7H,1-2H3. The lowest BCUT2D eigenvalue weighted by Gasteiger charge is -2.02. The van der Waals surface area contributed by atoms with Crippen molar-refractivity contribution in [2.75, 3.05) is 0 Å². The summed E-state index contributed by atoms with van der Waals surface area (Å²) in [6, 6.07) is 7.44. The molecule has 1 aromatic rings. The van der Waals surface area contributed by atoms with E-state index in [0.29, 0.717) is 5.92 Å². The molecule has 0 unspecified atom stereocenters. The molecule has 0 heterocycles. The lowest BCUT2D eigenvalue weighted by atomic mass is 10.0. The molecule has 0 amide bonds. The number of benzene rings is 1. The van der Waals surface area contributed by atoms with Crippen molar-refractivity contribution in [2.45, 2.75) is 19.8 Å². The Hall–Kier alpha value is -0.850. The summed E-state index contributed by atoms with van der Waals surface area (Å²) in [5.41, 5.74) is 1.13. The Morgan fingerprint density at radius 3 is 2.50 bits per heavy atom. The molecule has 1 aromatic carbocycles. The smallest absolute Gasteiger partial charge is 0.131 e. The van der Waals surface area contributed by atoms with Gasteiger partial charge in [0.1, 0.15) is 5.82 Å². The zero-order valence-corrected chi connectivity index (χ0v) is 6.19. The van der Waals surface area contributed by atoms with Gasteiger partial charge in [-0.2, -0.15) is 0 Å². The predicted molar refractivity (Wildman–Crippen MR) is 39.3 cm³/mol. The highest BCUT2D eigenvalue weighted by Crippen LogP contribution is 2.13. The van der Waals surface area contributed by atoms with Gasteiger partial charge >= 0.3 is 0 Å². The average molecular weight is 137 g/mol. The summed E-state index contributed by atoms with van der Waals surface area (Å²) in [7, 11) is 0. The molecule has 10 heavy (non-hydrogen) atoms. The van der Waals surface area contributed by atoms with E-state index in [4.69, 9.17) is 0 Å². The summed E-state index contributed by atoms with van der Waals surface area (Å²) in [6.07, 6.45) is 0. The molecule has 0 bridgehead atoms. The third kappa shape index (κ3) is 1.56. The highest BCUT2D eigenvalue weighted by atomic mass is 19.1. The molecule has 0 atom stereocenters. The number of halogens is 1. The summed E-state index contributed by atoms with van der Waals surface area (Å²) >= 11 is 0. The minimum Gasteiger partial charge on any atom is -0.206 e. The highest BCUT2D eigenvalue weighted by Gasteiger charge is 1.97. The Labute approximate surface area is 60.7 Å². The third-order valence-electron chi connectivity index (χ3n) is 1.47. The van der Waals surface area contributed by atoms with E-state index in [1.807, 2.05) is 0 Å². The summed E-state index contributed by atoms with van der Waals surface area (Å²) in [6.45, 7) is 4.14. The normalized spacial score (nSPS) is 10.4. The van der Waals surface area contributed by atoms with Crippen LogP contribution in [0.5, 0.6) is 0 Å². The molecule has 0 saturated heterocycles. The van der Waals surface area contributed by atoms with Crippen molar-refractivity contribution in [2.24, 2.45) is 0 Å². The van der Waals surface area contributed by atoms with Crippen LogP contribution in [0.1, 0.15) is 25.3 Å². The first-order valence-electron chi connectivity index (χ1n) is 3.37. The van der Waals surface area contributed by atoms with E-state index in [1.165, 1.54) is 6.07 Å². The lowest BCUT2D eigenvalue weighted by molar-refractivity contribution is 0.624. The van der Waals surface area contributed by atoms with Crippen molar-refractivity contribution in [1.82, 2.24) is 0 Å². The van der Waals surface area contributed by atoms with E-state index in [2.05, 4.69) is 19.9 Å². The van der Waals surface area contributed by atoms with Crippen LogP contribution in [0, 0.1) is 11.9 Å². The first-order chi connectivity index (χ1) is 4.70. The maximum absolute atomic E-state index is 12.3. The van der Waals surface area contributed by atoms with Crippen LogP contribution in [0.15, 0.2) is 18.2 Å². The quantitative estimate of drug-likeness (QED) is 0.558. The minimum absolute atomic E-state index is 0.288. The van der Waals surface area contributed by atoms with Gasteiger partial charge in [0.2, 0.25) is 0 Å². The third-order valence-corrected chi connectivity index (χ3v) is 1.47. The van der Waals surface area contributed by atoms with Crippen molar-refractivity contribution in [1.29, 1.82) is 0 Å². The number of rotatable bonds is 1. The van der Waals surface area contributed by atoms with Gasteiger partial charge in [0.25, 0.3) is 0 Å². The van der Waals surface area contributed by atoms with E-state index in [-0.39, 0.29) is 5.82 Å². The van der Waals surface area contributed by atoms with Crippen LogP contribution in [-0.4, -0.2) is 0 Å². The summed E-state index contributed by atoms with van der Waals surface area (Å²) < 4.78 is 12.3. The zero-order chi connectivity index (χ0) is 7.56. The van der Waals surface area contributed by atoms with E-state index in [0.717, 1.165) is 5.56 Å². The van der Waals surface area contributed by atoms with Crippen LogP contribution < -0.4 is 0 Å². The van der Waals surface area contributed by atoms with Gasteiger partial charge in [0, 0.05) is 6.07 Å². The fraction of sp³-hybridized carbons (Fsp3) is 0.333. The molecular weight excluding hydrogens is 127 g/mol. The molecule has 1 rings (SSSR count). The highest BCUT2D eigenvalue weighted by molar-refractivity contribution is 5.17. The van der Waals surface area contributed by atoms with E-state index in [9.17, 15) is 4.39 Å². The van der Waals surface area contributed by atoms with Gasteiger partial charge in [-0.1, -0.05) is 19.9 Å². The van der Waals surface area contributed by atoms with Gasteiger partial charge in [-0.3, -0.25) is 0 Å². The maximum Gasteiger partial charge on any atom is 0.131 e. The van der Waals surface area contributed by atoms with Crippen molar-refractivity contribution in [3.8, 4) is 0 Å². The minimum atomic E-state index is -0.288. The molecule has 1 radical (unpaired) electrons. The van der Waals surface area contributed by atoms with Gasteiger partial charge in [-0.05, 0) is 23.6 Å². The number of hydrogen-bond donors (Lipinski definition) is 0. The molecule has 0 spiro atoms. The Morgan fingerprint density at radius 1 is 1.40 bits per heavy atom. The molecular formula is C9H10F. The zero-order valence-electron chi connectivity index (χ0n) is 6.19. The van der Waals surface area contributed by atoms with Crippen LogP contribution in [0.2, 0.25) is 0 Å². The van der Waals surface area contributed by atoms with Crippen molar-refractivity contribution >= 4 is 0 Å². The molecule has 0 N–H and O–H groups in total. The Bertz CT molecular complexity index is 198. The van der Waals surface area contributed by atoms with Gasteiger partial charge in [0.15, 0.2) is 0 Å². The van der Waals surface area contributed by atoms with Crippen LogP contribution in [-0.2, 0) is 0 Å². The van der Waals surface area contributed by atoms with Crippen molar-refractivity contribution in [3.63, 3.8) is 0 Å². The SMILES string of the molecule is CC(C)c1c[c]c(F)cc1. The molecule has 0 aliphatic carbocycles. The molecule has 0 aromatic heterocycles. The second-order valence-electron chi connectivity index (χ2n) is 2.62. The van der Waals surface area contributed by atoms with Crippen LogP contribution in [0.25, 0.3) is 0 Å². The second-order valence-corrected chi connectivity index (χ2v) is 2.62. The Balaban J connectivity index is 2.89. The summed E-state index contributed by atoms with van der Waals surface area (Å²) in [4.78, 5) is 0. The monoisotopic (exact) mass is 137 g/mol. The lowest BCUT2D eigenvalue weighted by Crippen LogP contribution is -1.86. The molecule has 0 aliphatic rings. The number of hydrogen-bond acceptors (Lipinski definition) is 0. The Morgan fingerprint density at radius 2 is 2.10 bits per heavy atom. The molecule has 53 valence electrons. The van der Waals surface area contributed by atoms with Gasteiger partial charge in [0.05, 0.1) is 0 Å². The summed E-state index contributed by atoms with van der Waals surface area (Å²) in [5, 5.41) is 0. The van der Waals surface area contributed by atoms with Crippen LogP contribution in [0.3, 0.4) is 0 Å². The van der Waals surface area contributed by atoms with Crippen LogP contribution in [0.4, 0.5) is 4.39 Å². The topological polar surface area (TPSA) is 0 Å². The van der Waals surface area contributed by atoms with Crippen LogP contribution >= 0.6 is 0 Å².